The molecule has 5 nitrogen and oxygen atoms in total. The van der Waals surface area contributed by atoms with E-state index in [1.165, 1.54) is 0 Å². The molecule has 0 aliphatic heterocycles. The average Bonchev–Trinajstić information content (AvgIpc) is 3.03. The van der Waals surface area contributed by atoms with Crippen LogP contribution in [0.25, 0.3) is 0 Å². The lowest BCUT2D eigenvalue weighted by Crippen LogP contribution is -2.26. The van der Waals surface area contributed by atoms with Crippen LogP contribution in [0.3, 0.4) is 0 Å². The minimum absolute atomic E-state index is 0.0510. The van der Waals surface area contributed by atoms with Crippen molar-refractivity contribution in [2.75, 3.05) is 5.32 Å². The number of Topliss-reactive ketones (excluding diaryl/α,β-unsaturated/α-hetero) is 1. The topological polar surface area (TPSA) is 72.2 Å². The van der Waals surface area contributed by atoms with E-state index in [0.717, 1.165) is 16.3 Å². The van der Waals surface area contributed by atoms with Crippen LogP contribution in [0, 0.1) is 12.3 Å². The Balaban J connectivity index is 1.49. The summed E-state index contributed by atoms with van der Waals surface area (Å²) in [6.45, 7) is 5.87. The van der Waals surface area contributed by atoms with Gasteiger partial charge in [-0.1, -0.05) is 32.0 Å². The van der Waals surface area contributed by atoms with E-state index in [4.69, 9.17) is 4.42 Å². The number of hydrogen-bond donors (Lipinski definition) is 1. The summed E-state index contributed by atoms with van der Waals surface area (Å²) in [5.74, 6) is 1.31. The lowest BCUT2D eigenvalue weighted by Gasteiger charge is -2.27. The van der Waals surface area contributed by atoms with Crippen LogP contribution in [-0.2, 0) is 12.2 Å². The first-order chi connectivity index (χ1) is 14.3. The second-order valence-electron chi connectivity index (χ2n) is 8.41. The fraction of sp³-hybridized carbons (Fsp3) is 0.292. The third-order valence-corrected chi connectivity index (χ3v) is 6.21. The number of carbonyl (C=O) groups excluding carboxylic acids is 2. The molecular weight excluding hydrogens is 396 g/mol. The number of anilines is 1. The average molecular weight is 421 g/mol. The molecule has 0 saturated carbocycles. The molecule has 2 heterocycles. The molecule has 154 valence electrons. The maximum Gasteiger partial charge on any atom is 0.291 e. The van der Waals surface area contributed by atoms with Crippen LogP contribution < -0.4 is 5.32 Å². The summed E-state index contributed by atoms with van der Waals surface area (Å²) in [5, 5.41) is 3.87. The molecule has 4 rings (SSSR count). The monoisotopic (exact) mass is 420 g/mol. The fourth-order valence-corrected chi connectivity index (χ4v) is 4.62. The van der Waals surface area contributed by atoms with Crippen molar-refractivity contribution in [3.63, 3.8) is 0 Å². The fourth-order valence-electron chi connectivity index (χ4n) is 3.82. The van der Waals surface area contributed by atoms with Crippen molar-refractivity contribution >= 4 is 29.1 Å². The normalized spacial score (nSPS) is 15.0. The van der Waals surface area contributed by atoms with Gasteiger partial charge in [-0.3, -0.25) is 9.59 Å². The molecule has 0 unspecified atom stereocenters. The molecule has 0 spiro atoms. The lowest BCUT2D eigenvalue weighted by molar-refractivity contribution is 0.0898. The Hall–Kier alpha value is -2.86. The molecule has 0 saturated heterocycles. The van der Waals surface area contributed by atoms with Crippen LogP contribution in [0.4, 0.5) is 5.69 Å². The zero-order chi connectivity index (χ0) is 21.3. The number of furan rings is 1. The van der Waals surface area contributed by atoms with Gasteiger partial charge in [-0.05, 0) is 42.2 Å². The van der Waals surface area contributed by atoms with Gasteiger partial charge in [0.25, 0.3) is 5.91 Å². The number of rotatable bonds is 5. The summed E-state index contributed by atoms with van der Waals surface area (Å²) in [7, 11) is 0. The molecule has 1 amide bonds. The highest BCUT2D eigenvalue weighted by Gasteiger charge is 2.37. The minimum Gasteiger partial charge on any atom is -0.455 e. The molecule has 3 aromatic rings. The Morgan fingerprint density at radius 2 is 2.03 bits per heavy atom. The Labute approximate surface area is 180 Å². The van der Waals surface area contributed by atoms with Crippen LogP contribution >= 0.6 is 11.8 Å². The predicted molar refractivity (Wildman–Crippen MR) is 118 cm³/mol. The second kappa shape index (κ2) is 8.11. The zero-order valence-corrected chi connectivity index (χ0v) is 18.1. The van der Waals surface area contributed by atoms with Crippen molar-refractivity contribution in [2.45, 2.75) is 44.4 Å². The van der Waals surface area contributed by atoms with E-state index in [-0.39, 0.29) is 22.9 Å². The largest absolute Gasteiger partial charge is 0.455 e. The predicted octanol–water partition coefficient (Wildman–Crippen LogP) is 5.68. The van der Waals surface area contributed by atoms with E-state index >= 15 is 0 Å². The van der Waals surface area contributed by atoms with E-state index in [0.29, 0.717) is 35.4 Å². The first-order valence-electron chi connectivity index (χ1n) is 9.92. The van der Waals surface area contributed by atoms with E-state index in [2.05, 4.69) is 10.3 Å². The number of aromatic nitrogens is 1. The summed E-state index contributed by atoms with van der Waals surface area (Å²) in [4.78, 5) is 29.7. The first-order valence-corrected chi connectivity index (χ1v) is 10.9. The van der Waals surface area contributed by atoms with Crippen LogP contribution in [0.5, 0.6) is 0 Å². The van der Waals surface area contributed by atoms with Gasteiger partial charge >= 0.3 is 0 Å². The Kier molecular flexibility index (Phi) is 5.52. The maximum absolute atomic E-state index is 12.9. The molecule has 2 aromatic heterocycles. The minimum atomic E-state index is -0.331. The molecule has 0 fully saturated rings. The number of nitrogens with one attached hydrogen (secondary N) is 1. The number of thioether (sulfide) groups is 1. The number of pyridine rings is 1. The molecule has 1 aliphatic carbocycles. The quantitative estimate of drug-likeness (QED) is 0.538. The lowest BCUT2D eigenvalue weighted by atomic mass is 9.76. The van der Waals surface area contributed by atoms with Crippen LogP contribution in [0.2, 0.25) is 0 Å². The van der Waals surface area contributed by atoms with E-state index in [1.54, 1.807) is 24.9 Å². The molecule has 0 atom stereocenters. The summed E-state index contributed by atoms with van der Waals surface area (Å²) in [6, 6.07) is 13.5. The number of nitrogens with zero attached hydrogens (tertiary/aromatic N) is 1. The van der Waals surface area contributed by atoms with Crippen molar-refractivity contribution < 1.29 is 14.0 Å². The zero-order valence-electron chi connectivity index (χ0n) is 17.3. The van der Waals surface area contributed by atoms with Crippen LogP contribution in [-0.4, -0.2) is 16.7 Å². The van der Waals surface area contributed by atoms with Gasteiger partial charge in [0, 0.05) is 36.0 Å². The third kappa shape index (κ3) is 4.33. The van der Waals surface area contributed by atoms with Gasteiger partial charge in [0.15, 0.2) is 11.5 Å². The van der Waals surface area contributed by atoms with Crippen LogP contribution in [0.1, 0.15) is 58.1 Å². The molecular formula is C24H24N2O3S. The number of ketones is 1. The highest BCUT2D eigenvalue weighted by atomic mass is 32.2. The maximum atomic E-state index is 12.9. The molecule has 6 heteroatoms. The SMILES string of the molecule is Cc1c(C(=O)Nc2cccc(CSc3ccccn3)c2)oc2c1C(=O)CC(C)(C)C2. The van der Waals surface area contributed by atoms with Crippen molar-refractivity contribution in [1.29, 1.82) is 0 Å². The molecule has 30 heavy (non-hydrogen) atoms. The van der Waals surface area contributed by atoms with Gasteiger partial charge in [0.05, 0.1) is 10.6 Å². The summed E-state index contributed by atoms with van der Waals surface area (Å²) in [6.07, 6.45) is 2.90. The van der Waals surface area contributed by atoms with Gasteiger partial charge < -0.3 is 9.73 Å². The van der Waals surface area contributed by atoms with Gasteiger partial charge in [0.1, 0.15) is 5.76 Å². The van der Waals surface area contributed by atoms with Gasteiger partial charge in [-0.25, -0.2) is 4.98 Å². The third-order valence-electron chi connectivity index (χ3n) is 5.19. The van der Waals surface area contributed by atoms with Crippen LogP contribution in [0.15, 0.2) is 58.1 Å². The van der Waals surface area contributed by atoms with E-state index in [1.807, 2.05) is 56.3 Å². The van der Waals surface area contributed by atoms with Crippen molar-refractivity contribution in [3.05, 3.63) is 76.9 Å². The van der Waals surface area contributed by atoms with Gasteiger partial charge in [0.2, 0.25) is 0 Å². The van der Waals surface area contributed by atoms with Gasteiger partial charge in [-0.2, -0.15) is 0 Å². The number of amides is 1. The second-order valence-corrected chi connectivity index (χ2v) is 9.40. The molecule has 1 aromatic carbocycles. The van der Waals surface area contributed by atoms with Gasteiger partial charge in [-0.15, -0.1) is 11.8 Å². The standard InChI is InChI=1S/C24H24N2O3S/c1-15-21-18(27)12-24(2,3)13-19(21)29-22(15)23(28)26-17-8-6-7-16(11-17)14-30-20-9-4-5-10-25-20/h4-11H,12-14H2,1-3H3,(H,26,28). The number of carbonyl (C=O) groups is 2. The number of benzene rings is 1. The van der Waals surface area contributed by atoms with Crippen molar-refractivity contribution in [2.24, 2.45) is 5.41 Å². The highest BCUT2D eigenvalue weighted by Crippen LogP contribution is 2.38. The Morgan fingerprint density at radius 3 is 2.80 bits per heavy atom. The number of fused-ring (bicyclic) bond motifs is 1. The molecule has 1 aliphatic rings. The van der Waals surface area contributed by atoms with Crippen molar-refractivity contribution in [3.8, 4) is 0 Å². The van der Waals surface area contributed by atoms with E-state index < -0.39 is 0 Å². The van der Waals surface area contributed by atoms with E-state index in [9.17, 15) is 9.59 Å². The first kappa shape index (κ1) is 20.4. The Bertz CT molecular complexity index is 1100. The summed E-state index contributed by atoms with van der Waals surface area (Å²) < 4.78 is 5.87. The number of hydrogen-bond acceptors (Lipinski definition) is 5. The Morgan fingerprint density at radius 1 is 1.20 bits per heavy atom. The molecule has 1 N–H and O–H groups in total. The molecule has 0 bridgehead atoms. The highest BCUT2D eigenvalue weighted by molar-refractivity contribution is 7.98. The summed E-state index contributed by atoms with van der Waals surface area (Å²) >= 11 is 1.64. The summed E-state index contributed by atoms with van der Waals surface area (Å²) in [5.41, 5.74) is 2.84. The smallest absolute Gasteiger partial charge is 0.291 e. The van der Waals surface area contributed by atoms with Crippen molar-refractivity contribution in [1.82, 2.24) is 4.98 Å². The molecule has 0 radical (unpaired) electrons.